The summed E-state index contributed by atoms with van der Waals surface area (Å²) in [6.45, 7) is 5.25. The van der Waals surface area contributed by atoms with Gasteiger partial charge in [0.15, 0.2) is 0 Å². The number of anilines is 2. The van der Waals surface area contributed by atoms with Crippen molar-refractivity contribution in [3.05, 3.63) is 17.8 Å². The van der Waals surface area contributed by atoms with E-state index in [1.807, 2.05) is 0 Å². The van der Waals surface area contributed by atoms with E-state index in [1.54, 1.807) is 20.8 Å². The van der Waals surface area contributed by atoms with Gasteiger partial charge in [-0.2, -0.15) is 0 Å². The lowest BCUT2D eigenvalue weighted by Crippen LogP contribution is -2.27. The van der Waals surface area contributed by atoms with Crippen molar-refractivity contribution >= 4 is 30.2 Å². The lowest BCUT2D eigenvalue weighted by atomic mass is 10.2. The molecule has 0 atom stereocenters. The number of hydrogen-bond acceptors (Lipinski definition) is 5. The number of carbonyl (C=O) groups is 2. The Morgan fingerprint density at radius 1 is 1.42 bits per heavy atom. The van der Waals surface area contributed by atoms with E-state index in [-0.39, 0.29) is 5.69 Å². The molecule has 1 heterocycles. The molecule has 0 aliphatic rings. The van der Waals surface area contributed by atoms with Crippen LogP contribution in [0.5, 0.6) is 0 Å². The Hall–Kier alpha value is -2.44. The maximum Gasteiger partial charge on any atom is 0.412 e. The maximum absolute atomic E-state index is 11.6. The molecule has 19 heavy (non-hydrogen) atoms. The Balaban J connectivity index is 2.86. The van der Waals surface area contributed by atoms with Crippen LogP contribution in [0.25, 0.3) is 0 Å². The van der Waals surface area contributed by atoms with Gasteiger partial charge in [-0.05, 0) is 32.9 Å². The molecule has 0 saturated heterocycles. The number of ether oxygens (including phenoxy) is 1. The predicted molar refractivity (Wildman–Crippen MR) is 71.7 cm³/mol. The maximum atomic E-state index is 11.6. The van der Waals surface area contributed by atoms with Gasteiger partial charge in [0.25, 0.3) is 0 Å². The summed E-state index contributed by atoms with van der Waals surface area (Å²) in [6, 6.07) is 3.04. The van der Waals surface area contributed by atoms with Crippen molar-refractivity contribution in [2.75, 3.05) is 10.6 Å². The van der Waals surface area contributed by atoms with E-state index in [4.69, 9.17) is 10.1 Å². The van der Waals surface area contributed by atoms with Crippen LogP contribution in [0, 0.1) is 5.41 Å². The van der Waals surface area contributed by atoms with E-state index >= 15 is 0 Å². The lowest BCUT2D eigenvalue weighted by Gasteiger charge is -2.20. The van der Waals surface area contributed by atoms with Crippen molar-refractivity contribution in [3.63, 3.8) is 0 Å². The quantitative estimate of drug-likeness (QED) is 0.571. The van der Waals surface area contributed by atoms with Crippen molar-refractivity contribution in [2.24, 2.45) is 0 Å². The first kappa shape index (κ1) is 14.6. The lowest BCUT2D eigenvalue weighted by molar-refractivity contribution is -0.105. The van der Waals surface area contributed by atoms with Gasteiger partial charge in [-0.15, -0.1) is 0 Å². The summed E-state index contributed by atoms with van der Waals surface area (Å²) in [7, 11) is 0. The van der Waals surface area contributed by atoms with Crippen molar-refractivity contribution < 1.29 is 14.3 Å². The van der Waals surface area contributed by atoms with Crippen LogP contribution in [-0.4, -0.2) is 29.3 Å². The van der Waals surface area contributed by atoms with Crippen LogP contribution >= 0.6 is 0 Å². The number of amides is 2. The number of carbonyl (C=O) groups excluding carboxylic acids is 2. The van der Waals surface area contributed by atoms with E-state index in [1.165, 1.54) is 12.1 Å². The van der Waals surface area contributed by atoms with E-state index in [9.17, 15) is 9.59 Å². The third-order valence-electron chi connectivity index (χ3n) is 1.90. The summed E-state index contributed by atoms with van der Waals surface area (Å²) >= 11 is 0. The molecule has 0 aliphatic carbocycles. The van der Waals surface area contributed by atoms with Gasteiger partial charge in [0.2, 0.25) is 6.41 Å². The average molecular weight is 264 g/mol. The van der Waals surface area contributed by atoms with Gasteiger partial charge in [-0.1, -0.05) is 0 Å². The smallest absolute Gasteiger partial charge is 0.412 e. The third kappa shape index (κ3) is 4.74. The molecule has 1 rings (SSSR count). The highest BCUT2D eigenvalue weighted by molar-refractivity contribution is 5.93. The van der Waals surface area contributed by atoms with Crippen LogP contribution < -0.4 is 10.6 Å². The van der Waals surface area contributed by atoms with Gasteiger partial charge < -0.3 is 15.5 Å². The fourth-order valence-electron chi connectivity index (χ4n) is 1.24. The molecule has 0 aliphatic heterocycles. The minimum absolute atomic E-state index is 0.220. The Morgan fingerprint density at radius 3 is 2.63 bits per heavy atom. The summed E-state index contributed by atoms with van der Waals surface area (Å²) < 4.78 is 5.09. The van der Waals surface area contributed by atoms with Gasteiger partial charge in [0, 0.05) is 6.21 Å². The molecule has 3 N–H and O–H groups in total. The van der Waals surface area contributed by atoms with Crippen molar-refractivity contribution in [2.45, 2.75) is 26.4 Å². The second-order valence-electron chi connectivity index (χ2n) is 4.66. The third-order valence-corrected chi connectivity index (χ3v) is 1.90. The number of hydrogen-bond donors (Lipinski definition) is 3. The molecule has 1 aromatic heterocycles. The molecule has 2 amide bonds. The van der Waals surface area contributed by atoms with Crippen molar-refractivity contribution in [3.8, 4) is 0 Å². The molecule has 0 aromatic carbocycles. The molecular formula is C12H16N4O3. The highest BCUT2D eigenvalue weighted by atomic mass is 16.6. The molecule has 7 heteroatoms. The number of nitrogens with one attached hydrogen (secondary N) is 3. The SMILES string of the molecule is CC(C)(C)OC(=O)Nc1ccc(NC=O)nc1C=N. The molecule has 102 valence electrons. The van der Waals surface area contributed by atoms with E-state index in [2.05, 4.69) is 15.6 Å². The topological polar surface area (TPSA) is 104 Å². The summed E-state index contributed by atoms with van der Waals surface area (Å²) in [5, 5.41) is 12.1. The molecule has 0 spiro atoms. The summed E-state index contributed by atoms with van der Waals surface area (Å²) in [6.07, 6.45) is 0.827. The molecule has 0 bridgehead atoms. The Labute approximate surface area is 110 Å². The molecular weight excluding hydrogens is 248 g/mol. The Kier molecular flexibility index (Phi) is 4.57. The highest BCUT2D eigenvalue weighted by Crippen LogP contribution is 2.16. The standard InChI is InChI=1S/C12H16N4O3/c1-12(2,3)19-11(18)16-8-4-5-10(14-7-17)15-9(8)6-13/h4-7,13H,1-3H3,(H,16,18)(H,14,15,17). The zero-order valence-electron chi connectivity index (χ0n) is 11.0. The Morgan fingerprint density at radius 2 is 2.11 bits per heavy atom. The monoisotopic (exact) mass is 264 g/mol. The number of rotatable bonds is 4. The second kappa shape index (κ2) is 5.94. The van der Waals surface area contributed by atoms with Crippen LogP contribution in [0.15, 0.2) is 12.1 Å². The minimum Gasteiger partial charge on any atom is -0.444 e. The summed E-state index contributed by atoms with van der Waals surface area (Å²) in [4.78, 5) is 25.9. The zero-order chi connectivity index (χ0) is 14.5. The van der Waals surface area contributed by atoms with Gasteiger partial charge in [0.05, 0.1) is 5.69 Å². The van der Waals surface area contributed by atoms with Gasteiger partial charge in [0.1, 0.15) is 17.1 Å². The van der Waals surface area contributed by atoms with Gasteiger partial charge >= 0.3 is 6.09 Å². The predicted octanol–water partition coefficient (Wildman–Crippen LogP) is 1.99. The number of nitrogens with zero attached hydrogens (tertiary/aromatic N) is 1. The normalized spacial score (nSPS) is 10.5. The first-order chi connectivity index (χ1) is 8.85. The van der Waals surface area contributed by atoms with Crippen LogP contribution in [0.4, 0.5) is 16.3 Å². The summed E-state index contributed by atoms with van der Waals surface area (Å²) in [5.74, 6) is 0.295. The Bertz CT molecular complexity index is 494. The van der Waals surface area contributed by atoms with Gasteiger partial charge in [-0.3, -0.25) is 10.1 Å². The first-order valence-electron chi connectivity index (χ1n) is 5.57. The molecule has 7 nitrogen and oxygen atoms in total. The summed E-state index contributed by atoms with van der Waals surface area (Å²) in [5.41, 5.74) is -0.0557. The average Bonchev–Trinajstić information content (AvgIpc) is 2.29. The van der Waals surface area contributed by atoms with E-state index in [0.29, 0.717) is 17.9 Å². The second-order valence-corrected chi connectivity index (χ2v) is 4.66. The first-order valence-corrected chi connectivity index (χ1v) is 5.57. The minimum atomic E-state index is -0.631. The number of pyridine rings is 1. The van der Waals surface area contributed by atoms with Crippen LogP contribution in [0.2, 0.25) is 0 Å². The van der Waals surface area contributed by atoms with Gasteiger partial charge in [-0.25, -0.2) is 9.78 Å². The van der Waals surface area contributed by atoms with Crippen LogP contribution in [0.3, 0.4) is 0 Å². The van der Waals surface area contributed by atoms with Crippen LogP contribution in [0.1, 0.15) is 26.5 Å². The van der Waals surface area contributed by atoms with Crippen LogP contribution in [-0.2, 0) is 9.53 Å². The fourth-order valence-corrected chi connectivity index (χ4v) is 1.24. The van der Waals surface area contributed by atoms with E-state index in [0.717, 1.165) is 6.21 Å². The number of aromatic nitrogens is 1. The fraction of sp³-hybridized carbons (Fsp3) is 0.333. The molecule has 0 radical (unpaired) electrons. The van der Waals surface area contributed by atoms with Crippen molar-refractivity contribution in [1.82, 2.24) is 4.98 Å². The molecule has 1 aromatic rings. The zero-order valence-corrected chi connectivity index (χ0v) is 11.0. The molecule has 0 fully saturated rings. The molecule has 0 unspecified atom stereocenters. The van der Waals surface area contributed by atoms with Crippen molar-refractivity contribution in [1.29, 1.82) is 5.41 Å². The molecule has 0 saturated carbocycles. The van der Waals surface area contributed by atoms with E-state index < -0.39 is 11.7 Å². The highest BCUT2D eigenvalue weighted by Gasteiger charge is 2.17. The largest absolute Gasteiger partial charge is 0.444 e.